The Balaban J connectivity index is 2.09. The summed E-state index contributed by atoms with van der Waals surface area (Å²) >= 11 is 19.2. The van der Waals surface area contributed by atoms with Gasteiger partial charge in [0.25, 0.3) is 0 Å². The lowest BCUT2D eigenvalue weighted by atomic mass is 10.0. The number of carbonyl (C=O) groups excluding carboxylic acids is 1. The molecule has 0 radical (unpaired) electrons. The Bertz CT molecular complexity index is 1010. The third-order valence-corrected chi connectivity index (χ3v) is 6.50. The van der Waals surface area contributed by atoms with Gasteiger partial charge in [-0.05, 0) is 50.9 Å². The van der Waals surface area contributed by atoms with Crippen molar-refractivity contribution in [3.63, 3.8) is 0 Å². The number of hydrogen-bond acceptors (Lipinski definition) is 7. The number of carbonyl (C=O) groups is 1. The molecule has 1 aromatic heterocycles. The Morgan fingerprint density at radius 1 is 1.37 bits per heavy atom. The van der Waals surface area contributed by atoms with E-state index in [4.69, 9.17) is 49.6 Å². The van der Waals surface area contributed by atoms with Crippen molar-refractivity contribution in [2.75, 3.05) is 20.0 Å². The van der Waals surface area contributed by atoms with Gasteiger partial charge in [-0.3, -0.25) is 9.88 Å². The number of fused-ring (bicyclic) bond motifs is 3. The minimum atomic E-state index is -0.633. The zero-order valence-corrected chi connectivity index (χ0v) is 20.4. The third-order valence-electron chi connectivity index (χ3n) is 4.59. The van der Waals surface area contributed by atoms with Crippen molar-refractivity contribution in [1.82, 2.24) is 9.88 Å². The number of amides is 1. The molecule has 1 aromatic carbocycles. The number of aromatic nitrogens is 1. The van der Waals surface area contributed by atoms with Gasteiger partial charge < -0.3 is 14.2 Å². The molecule has 30 heavy (non-hydrogen) atoms. The summed E-state index contributed by atoms with van der Waals surface area (Å²) in [5.74, 6) is 0.441. The summed E-state index contributed by atoms with van der Waals surface area (Å²) in [7, 11) is 1.52. The van der Waals surface area contributed by atoms with Gasteiger partial charge in [0.15, 0.2) is 0 Å². The molecule has 0 aliphatic carbocycles. The molecule has 6 nitrogen and oxygen atoms in total. The number of pyridine rings is 1. The van der Waals surface area contributed by atoms with Crippen molar-refractivity contribution in [3.05, 3.63) is 33.4 Å². The molecule has 1 atom stereocenters. The van der Waals surface area contributed by atoms with E-state index in [2.05, 4.69) is 4.98 Å². The molecular weight excluding hydrogens is 467 g/mol. The average molecular weight is 489 g/mol. The monoisotopic (exact) mass is 488 g/mol. The highest BCUT2D eigenvalue weighted by Crippen LogP contribution is 2.44. The quantitative estimate of drug-likeness (QED) is 0.490. The zero-order valence-electron chi connectivity index (χ0n) is 17.2. The summed E-state index contributed by atoms with van der Waals surface area (Å²) in [4.78, 5) is 19.1. The van der Waals surface area contributed by atoms with Crippen LogP contribution in [0.2, 0.25) is 10.0 Å². The van der Waals surface area contributed by atoms with Gasteiger partial charge in [0, 0.05) is 17.1 Å². The van der Waals surface area contributed by atoms with Crippen LogP contribution in [0.5, 0.6) is 5.75 Å². The highest BCUT2D eigenvalue weighted by Gasteiger charge is 2.38. The number of thioether (sulfide) groups is 1. The van der Waals surface area contributed by atoms with Crippen LogP contribution in [0.4, 0.5) is 4.79 Å². The Morgan fingerprint density at radius 3 is 2.67 bits per heavy atom. The first kappa shape index (κ1) is 23.2. The number of halogens is 2. The van der Waals surface area contributed by atoms with Gasteiger partial charge in [-0.1, -0.05) is 35.0 Å². The lowest BCUT2D eigenvalue weighted by molar-refractivity contribution is 0.0122. The van der Waals surface area contributed by atoms with E-state index in [0.29, 0.717) is 32.2 Å². The number of rotatable bonds is 3. The smallest absolute Gasteiger partial charge is 0.411 e. The average Bonchev–Trinajstić information content (AvgIpc) is 3.06. The van der Waals surface area contributed by atoms with Gasteiger partial charge in [-0.2, -0.15) is 0 Å². The Kier molecular flexibility index (Phi) is 6.91. The molecule has 10 heteroatoms. The summed E-state index contributed by atoms with van der Waals surface area (Å²) in [5.41, 5.74) is 1.65. The van der Waals surface area contributed by atoms with E-state index in [1.54, 1.807) is 17.2 Å². The van der Waals surface area contributed by atoms with Gasteiger partial charge in [0.05, 0.1) is 30.2 Å². The number of nitrogens with zero attached hydrogens (tertiary/aromatic N) is 2. The van der Waals surface area contributed by atoms with Crippen molar-refractivity contribution in [2.45, 2.75) is 39.0 Å². The number of benzene rings is 1. The predicted octanol–water partition coefficient (Wildman–Crippen LogP) is 6.01. The van der Waals surface area contributed by atoms with E-state index in [1.807, 2.05) is 27.0 Å². The fraction of sp³-hybridized carbons (Fsp3) is 0.450. The summed E-state index contributed by atoms with van der Waals surface area (Å²) in [6.45, 7) is 5.98. The summed E-state index contributed by atoms with van der Waals surface area (Å²) in [6, 6.07) is 1.38. The van der Waals surface area contributed by atoms with Crippen LogP contribution in [0.3, 0.4) is 0 Å². The highest BCUT2D eigenvalue weighted by molar-refractivity contribution is 8.22. The van der Waals surface area contributed by atoms with E-state index >= 15 is 0 Å². The summed E-state index contributed by atoms with van der Waals surface area (Å²) < 4.78 is 17.1. The standard InChI is InChI=1S/C20H22Cl2N2O4S2/c1-20(2,3)28-18(25)24-8-12-10-6-14(26-4)15(21)16(22)17(10)23-7-11(12)13(24)9-27-19(29)30-5/h6-7,13H,8-9H2,1-5H3. The van der Waals surface area contributed by atoms with Crippen LogP contribution in [0.15, 0.2) is 12.3 Å². The summed E-state index contributed by atoms with van der Waals surface area (Å²) in [6.07, 6.45) is 3.10. The molecule has 2 heterocycles. The molecule has 3 rings (SSSR count). The topological polar surface area (TPSA) is 60.9 Å². The molecule has 2 aromatic rings. The fourth-order valence-corrected chi connectivity index (χ4v) is 3.99. The van der Waals surface area contributed by atoms with Crippen LogP contribution in [0.1, 0.15) is 37.9 Å². The van der Waals surface area contributed by atoms with Gasteiger partial charge in [-0.15, -0.1) is 0 Å². The van der Waals surface area contributed by atoms with Crippen molar-refractivity contribution in [1.29, 1.82) is 0 Å². The van der Waals surface area contributed by atoms with E-state index in [1.165, 1.54) is 18.9 Å². The summed E-state index contributed by atoms with van der Waals surface area (Å²) in [5, 5.41) is 1.37. The Hall–Kier alpha value is -1.48. The first-order valence-corrected chi connectivity index (χ1v) is 11.5. The van der Waals surface area contributed by atoms with Crippen LogP contribution < -0.4 is 4.74 Å². The SMILES string of the molecule is COc1cc2c3c(cnc2c(Cl)c1Cl)C(COC(=S)SC)N(C(=O)OC(C)(C)C)C3. The molecule has 0 saturated heterocycles. The molecule has 0 N–H and O–H groups in total. The second-order valence-corrected chi connectivity index (χ2v) is 9.85. The third kappa shape index (κ3) is 4.56. The van der Waals surface area contributed by atoms with E-state index < -0.39 is 17.7 Å². The Morgan fingerprint density at radius 2 is 2.07 bits per heavy atom. The molecule has 0 spiro atoms. The maximum Gasteiger partial charge on any atom is 0.411 e. The van der Waals surface area contributed by atoms with E-state index in [9.17, 15) is 4.79 Å². The van der Waals surface area contributed by atoms with Crippen molar-refractivity contribution < 1.29 is 19.0 Å². The normalized spacial score (nSPS) is 15.8. The first-order valence-electron chi connectivity index (χ1n) is 9.11. The van der Waals surface area contributed by atoms with Crippen LogP contribution in [-0.4, -0.2) is 45.9 Å². The highest BCUT2D eigenvalue weighted by atomic mass is 35.5. The van der Waals surface area contributed by atoms with Gasteiger partial charge in [0.1, 0.15) is 23.0 Å². The predicted molar refractivity (Wildman–Crippen MR) is 125 cm³/mol. The minimum Gasteiger partial charge on any atom is -0.495 e. The molecule has 0 bridgehead atoms. The van der Waals surface area contributed by atoms with Gasteiger partial charge in [0.2, 0.25) is 4.38 Å². The lowest BCUT2D eigenvalue weighted by Crippen LogP contribution is -2.37. The largest absolute Gasteiger partial charge is 0.495 e. The molecule has 0 saturated carbocycles. The fourth-order valence-electron chi connectivity index (χ4n) is 3.28. The van der Waals surface area contributed by atoms with Crippen molar-refractivity contribution in [2.24, 2.45) is 0 Å². The lowest BCUT2D eigenvalue weighted by Gasteiger charge is -2.28. The number of thiocarbonyl (C=S) groups is 1. The van der Waals surface area contributed by atoms with E-state index in [0.717, 1.165) is 16.5 Å². The van der Waals surface area contributed by atoms with E-state index in [-0.39, 0.29) is 6.61 Å². The van der Waals surface area contributed by atoms with Crippen LogP contribution in [0.25, 0.3) is 10.9 Å². The Labute approximate surface area is 195 Å². The molecular formula is C20H22Cl2N2O4S2. The molecule has 0 fully saturated rings. The number of hydrogen-bond donors (Lipinski definition) is 0. The minimum absolute atomic E-state index is 0.192. The molecule has 1 amide bonds. The van der Waals surface area contributed by atoms with Crippen molar-refractivity contribution >= 4 is 68.6 Å². The first-order chi connectivity index (χ1) is 14.1. The zero-order chi connectivity index (χ0) is 22.2. The number of ether oxygens (including phenoxy) is 3. The molecule has 162 valence electrons. The van der Waals surface area contributed by atoms with Crippen LogP contribution in [-0.2, 0) is 16.0 Å². The molecule has 1 aliphatic heterocycles. The second-order valence-electron chi connectivity index (χ2n) is 7.68. The maximum atomic E-state index is 13.0. The maximum absolute atomic E-state index is 13.0. The van der Waals surface area contributed by atoms with Gasteiger partial charge in [-0.25, -0.2) is 4.79 Å². The molecule has 1 aliphatic rings. The van der Waals surface area contributed by atoms with Crippen molar-refractivity contribution in [3.8, 4) is 5.75 Å². The second kappa shape index (κ2) is 8.94. The van der Waals surface area contributed by atoms with Crippen LogP contribution in [0, 0.1) is 0 Å². The van der Waals surface area contributed by atoms with Gasteiger partial charge >= 0.3 is 6.09 Å². The number of methoxy groups -OCH3 is 1. The molecule has 1 unspecified atom stereocenters. The van der Waals surface area contributed by atoms with Crippen LogP contribution >= 0.6 is 47.2 Å².